The Morgan fingerprint density at radius 3 is 2.70 bits per heavy atom. The number of halogens is 1. The monoisotopic (exact) mass is 462 g/mol. The van der Waals surface area contributed by atoms with Crippen LogP contribution in [0.15, 0.2) is 46.9 Å². The van der Waals surface area contributed by atoms with Crippen LogP contribution in [0.1, 0.15) is 27.7 Å². The third-order valence-corrected chi connectivity index (χ3v) is 6.91. The zero-order chi connectivity index (χ0) is 22.9. The third kappa shape index (κ3) is 2.80. The summed E-state index contributed by atoms with van der Waals surface area (Å²) in [7, 11) is 0. The van der Waals surface area contributed by atoms with E-state index in [1.165, 1.54) is 4.90 Å². The molecule has 4 aromatic rings. The van der Waals surface area contributed by atoms with E-state index >= 15 is 0 Å². The summed E-state index contributed by atoms with van der Waals surface area (Å²) in [5, 5.41) is 12.2. The van der Waals surface area contributed by atoms with Crippen LogP contribution in [0.25, 0.3) is 21.9 Å². The number of nitrogens with zero attached hydrogens (tertiary/aromatic N) is 3. The molecule has 1 aromatic heterocycles. The Morgan fingerprint density at radius 2 is 1.94 bits per heavy atom. The minimum atomic E-state index is -0.527. The molecule has 0 aliphatic carbocycles. The van der Waals surface area contributed by atoms with Crippen molar-refractivity contribution >= 4 is 56.8 Å². The summed E-state index contributed by atoms with van der Waals surface area (Å²) in [6.45, 7) is 0.820. The zero-order valence-electron chi connectivity index (χ0n) is 17.4. The fraction of sp³-hybridized carbons (Fsp3) is 0.208. The SMILES string of the molecule is NC(=O)N1CCc2c1ccc1oc(C(=O)N3C[C@@H](CCl)c4c3cc(O)c3ccccc43)nc21. The van der Waals surface area contributed by atoms with Crippen molar-refractivity contribution in [2.24, 2.45) is 5.73 Å². The fourth-order valence-electron chi connectivity index (χ4n) is 5.06. The van der Waals surface area contributed by atoms with E-state index in [0.717, 1.165) is 21.9 Å². The Bertz CT molecular complexity index is 1480. The number of alkyl halides is 1. The molecule has 166 valence electrons. The molecule has 3 aromatic carbocycles. The van der Waals surface area contributed by atoms with Gasteiger partial charge in [0.05, 0.1) is 11.4 Å². The van der Waals surface area contributed by atoms with Gasteiger partial charge in [0.1, 0.15) is 11.3 Å². The second kappa shape index (κ2) is 7.11. The molecule has 0 fully saturated rings. The average Bonchev–Trinajstić information content (AvgIpc) is 3.52. The number of oxazole rings is 1. The van der Waals surface area contributed by atoms with Crippen molar-refractivity contribution in [2.45, 2.75) is 12.3 Å². The van der Waals surface area contributed by atoms with E-state index in [-0.39, 0.29) is 17.6 Å². The van der Waals surface area contributed by atoms with E-state index in [2.05, 4.69) is 4.98 Å². The molecule has 2 aliphatic heterocycles. The lowest BCUT2D eigenvalue weighted by Crippen LogP contribution is -2.33. The van der Waals surface area contributed by atoms with E-state index in [1.807, 2.05) is 24.3 Å². The van der Waals surface area contributed by atoms with Crippen LogP contribution in [0.3, 0.4) is 0 Å². The first-order valence-electron chi connectivity index (χ1n) is 10.6. The summed E-state index contributed by atoms with van der Waals surface area (Å²) in [4.78, 5) is 32.8. The molecule has 1 atom stereocenters. The maximum atomic E-state index is 13.5. The largest absolute Gasteiger partial charge is 0.507 e. The van der Waals surface area contributed by atoms with Crippen molar-refractivity contribution in [1.29, 1.82) is 0 Å². The normalized spacial score (nSPS) is 17.1. The van der Waals surface area contributed by atoms with E-state index in [1.54, 1.807) is 23.1 Å². The number of hydrogen-bond donors (Lipinski definition) is 2. The van der Waals surface area contributed by atoms with Gasteiger partial charge in [-0.15, -0.1) is 11.6 Å². The lowest BCUT2D eigenvalue weighted by atomic mass is 9.95. The number of aromatic nitrogens is 1. The van der Waals surface area contributed by atoms with Crippen molar-refractivity contribution in [3.8, 4) is 5.75 Å². The molecule has 0 bridgehead atoms. The zero-order valence-corrected chi connectivity index (χ0v) is 18.2. The molecule has 0 spiro atoms. The predicted molar refractivity (Wildman–Crippen MR) is 125 cm³/mol. The molecule has 33 heavy (non-hydrogen) atoms. The number of phenolic OH excluding ortho intramolecular Hbond substituents is 1. The maximum absolute atomic E-state index is 13.5. The van der Waals surface area contributed by atoms with Crippen LogP contribution in [0.5, 0.6) is 5.75 Å². The first kappa shape index (κ1) is 19.9. The van der Waals surface area contributed by atoms with Crippen LogP contribution >= 0.6 is 11.6 Å². The van der Waals surface area contributed by atoms with Crippen molar-refractivity contribution in [1.82, 2.24) is 4.98 Å². The van der Waals surface area contributed by atoms with Gasteiger partial charge in [0.25, 0.3) is 5.89 Å². The molecule has 0 saturated heterocycles. The lowest BCUT2D eigenvalue weighted by molar-refractivity contribution is 0.0957. The molecule has 6 rings (SSSR count). The Balaban J connectivity index is 1.45. The van der Waals surface area contributed by atoms with Gasteiger partial charge < -0.3 is 20.2 Å². The van der Waals surface area contributed by atoms with Crippen molar-refractivity contribution < 1.29 is 19.1 Å². The molecule has 0 radical (unpaired) electrons. The van der Waals surface area contributed by atoms with Crippen molar-refractivity contribution in [2.75, 3.05) is 28.8 Å². The second-order valence-electron chi connectivity index (χ2n) is 8.31. The van der Waals surface area contributed by atoms with E-state index in [0.29, 0.717) is 47.9 Å². The molecule has 9 heteroatoms. The summed E-state index contributed by atoms with van der Waals surface area (Å²) < 4.78 is 5.83. The molecule has 3 heterocycles. The maximum Gasteiger partial charge on any atom is 0.319 e. The number of primary amides is 1. The van der Waals surface area contributed by atoms with Gasteiger partial charge >= 0.3 is 11.9 Å². The fourth-order valence-corrected chi connectivity index (χ4v) is 5.31. The molecular formula is C24H19ClN4O4. The topological polar surface area (TPSA) is 113 Å². The number of amides is 3. The number of aromatic hydroxyl groups is 1. The summed E-state index contributed by atoms with van der Waals surface area (Å²) >= 11 is 6.28. The predicted octanol–water partition coefficient (Wildman–Crippen LogP) is 4.11. The van der Waals surface area contributed by atoms with Gasteiger partial charge in [0.2, 0.25) is 0 Å². The molecule has 8 nitrogen and oxygen atoms in total. The number of urea groups is 1. The number of carbonyl (C=O) groups is 2. The standard InChI is InChI=1S/C24H19ClN4O4/c25-10-12-11-29(17-9-18(30)13-3-1-2-4-14(13)20(12)17)23(31)22-27-21-15-7-8-28(24(26)32)16(15)5-6-19(21)33-22/h1-6,9,12,30H,7-8,10-11H2,(H2,26,32)/t12-/m1/s1. The summed E-state index contributed by atoms with van der Waals surface area (Å²) in [5.41, 5.74) is 9.54. The van der Waals surface area contributed by atoms with Gasteiger partial charge in [-0.2, -0.15) is 0 Å². The van der Waals surface area contributed by atoms with Crippen molar-refractivity contribution in [3.05, 3.63) is 59.5 Å². The first-order chi connectivity index (χ1) is 16.0. The second-order valence-corrected chi connectivity index (χ2v) is 8.62. The smallest absolute Gasteiger partial charge is 0.319 e. The van der Waals surface area contributed by atoms with E-state index < -0.39 is 11.9 Å². The van der Waals surface area contributed by atoms with Crippen molar-refractivity contribution in [3.63, 3.8) is 0 Å². The summed E-state index contributed by atoms with van der Waals surface area (Å²) in [5.74, 6) is -0.124. The van der Waals surface area contributed by atoms with Crippen LogP contribution in [0.2, 0.25) is 0 Å². The van der Waals surface area contributed by atoms with Gasteiger partial charge in [0, 0.05) is 41.9 Å². The van der Waals surface area contributed by atoms with Crippen LogP contribution in [-0.4, -0.2) is 41.0 Å². The number of hydrogen-bond acceptors (Lipinski definition) is 5. The highest BCUT2D eigenvalue weighted by Gasteiger charge is 2.37. The number of anilines is 2. The first-order valence-corrected chi connectivity index (χ1v) is 11.1. The average molecular weight is 463 g/mol. The van der Waals surface area contributed by atoms with Crippen LogP contribution in [0, 0.1) is 0 Å². The quantitative estimate of drug-likeness (QED) is 0.435. The van der Waals surface area contributed by atoms with Gasteiger partial charge in [-0.1, -0.05) is 24.3 Å². The Hall–Kier alpha value is -3.78. The highest BCUT2D eigenvalue weighted by atomic mass is 35.5. The summed E-state index contributed by atoms with van der Waals surface area (Å²) in [6, 6.07) is 12.1. The van der Waals surface area contributed by atoms with E-state index in [4.69, 9.17) is 21.8 Å². The molecule has 0 unspecified atom stereocenters. The van der Waals surface area contributed by atoms with Gasteiger partial charge in [-0.3, -0.25) is 9.69 Å². The number of benzene rings is 3. The molecule has 3 amide bonds. The number of rotatable bonds is 2. The highest BCUT2D eigenvalue weighted by Crippen LogP contribution is 2.45. The number of phenols is 1. The van der Waals surface area contributed by atoms with Crippen LogP contribution < -0.4 is 15.5 Å². The molecule has 3 N–H and O–H groups in total. The summed E-state index contributed by atoms with van der Waals surface area (Å²) in [6.07, 6.45) is 0.580. The number of fused-ring (bicyclic) bond motifs is 6. The number of carbonyl (C=O) groups excluding carboxylic acids is 2. The van der Waals surface area contributed by atoms with E-state index in [9.17, 15) is 14.7 Å². The number of nitrogens with two attached hydrogens (primary N) is 1. The Morgan fingerprint density at radius 1 is 1.15 bits per heavy atom. The minimum absolute atomic E-state index is 0.0512. The third-order valence-electron chi connectivity index (χ3n) is 6.54. The Kier molecular flexibility index (Phi) is 4.28. The highest BCUT2D eigenvalue weighted by molar-refractivity contribution is 6.19. The van der Waals surface area contributed by atoms with Crippen LogP contribution in [-0.2, 0) is 6.42 Å². The Labute approximate surface area is 193 Å². The molecule has 0 saturated carbocycles. The molecule has 2 aliphatic rings. The van der Waals surface area contributed by atoms with Gasteiger partial charge in [-0.05, 0) is 29.5 Å². The van der Waals surface area contributed by atoms with Gasteiger partial charge in [-0.25, -0.2) is 9.78 Å². The van der Waals surface area contributed by atoms with Gasteiger partial charge in [0.15, 0.2) is 5.58 Å². The lowest BCUT2D eigenvalue weighted by Gasteiger charge is -2.16. The minimum Gasteiger partial charge on any atom is -0.507 e. The molecular weight excluding hydrogens is 444 g/mol. The van der Waals surface area contributed by atoms with Crippen LogP contribution in [0.4, 0.5) is 16.2 Å².